The summed E-state index contributed by atoms with van der Waals surface area (Å²) in [4.78, 5) is 0. The maximum atomic E-state index is 8.11. The second-order valence-electron chi connectivity index (χ2n) is 7.88. The zero-order valence-electron chi connectivity index (χ0n) is 15.3. The van der Waals surface area contributed by atoms with E-state index in [0.29, 0.717) is 3.72 Å². The van der Waals surface area contributed by atoms with E-state index in [-0.39, 0.29) is 11.3 Å². The number of halogens is 1. The summed E-state index contributed by atoms with van der Waals surface area (Å²) in [6.07, 6.45) is 3.37. The monoisotopic (exact) mass is 460 g/mol. The van der Waals surface area contributed by atoms with E-state index in [2.05, 4.69) is 61.8 Å². The van der Waals surface area contributed by atoms with E-state index >= 15 is 0 Å². The summed E-state index contributed by atoms with van der Waals surface area (Å²) >= 11 is 2.06. The molecule has 0 aliphatic carbocycles. The molecule has 0 aromatic heterocycles. The van der Waals surface area contributed by atoms with Gasteiger partial charge in [0.05, 0.1) is 0 Å². The molecule has 6 heteroatoms. The first-order valence-corrected chi connectivity index (χ1v) is 12.5. The maximum Gasteiger partial charge on any atom is 0.250 e. The molecule has 1 atom stereocenters. The lowest BCUT2D eigenvalue weighted by Crippen LogP contribution is -2.43. The predicted molar refractivity (Wildman–Crippen MR) is 112 cm³/mol. The summed E-state index contributed by atoms with van der Waals surface area (Å²) < 4.78 is 12.7. The summed E-state index contributed by atoms with van der Waals surface area (Å²) in [5.41, 5.74) is 1.82. The maximum absolute atomic E-state index is 8.11. The number of rotatable bonds is 5. The van der Waals surface area contributed by atoms with Gasteiger partial charge in [-0.25, -0.2) is 0 Å². The lowest BCUT2D eigenvalue weighted by atomic mass is 10.1. The van der Waals surface area contributed by atoms with Gasteiger partial charge in [-0.2, -0.15) is 0 Å². The molecule has 1 aliphatic rings. The SMILES string of the molecule is CC(C)(C)[Si](C)(C)Oc1ccc(NC2CCCCO2)c(C(=N)I)c1. The van der Waals surface area contributed by atoms with E-state index in [0.717, 1.165) is 36.4 Å². The predicted octanol–water partition coefficient (Wildman–Crippen LogP) is 5.77. The highest BCUT2D eigenvalue weighted by atomic mass is 127. The lowest BCUT2D eigenvalue weighted by Gasteiger charge is -2.36. The topological polar surface area (TPSA) is 54.3 Å². The molecule has 134 valence electrons. The second-order valence-corrected chi connectivity index (χ2v) is 13.7. The van der Waals surface area contributed by atoms with Crippen molar-refractivity contribution < 1.29 is 9.16 Å². The summed E-state index contributed by atoms with van der Waals surface area (Å²) in [7, 11) is -1.88. The number of hydrogen-bond acceptors (Lipinski definition) is 4. The van der Waals surface area contributed by atoms with Gasteiger partial charge in [-0.3, -0.25) is 5.41 Å². The fourth-order valence-corrected chi connectivity index (χ4v) is 3.84. The minimum absolute atomic E-state index is 0.0420. The Hall–Kier alpha value is -0.603. The Labute approximate surface area is 160 Å². The Bertz CT molecular complexity index is 593. The third kappa shape index (κ3) is 4.95. The molecule has 24 heavy (non-hydrogen) atoms. The fraction of sp³-hybridized carbons (Fsp3) is 0.611. The van der Waals surface area contributed by atoms with Crippen molar-refractivity contribution in [1.29, 1.82) is 5.41 Å². The molecule has 2 N–H and O–H groups in total. The van der Waals surface area contributed by atoms with Gasteiger partial charge < -0.3 is 14.5 Å². The van der Waals surface area contributed by atoms with Gasteiger partial charge in [0.15, 0.2) is 0 Å². The van der Waals surface area contributed by atoms with E-state index in [4.69, 9.17) is 14.6 Å². The number of anilines is 1. The minimum atomic E-state index is -1.88. The smallest absolute Gasteiger partial charge is 0.250 e. The third-order valence-electron chi connectivity index (χ3n) is 4.90. The Morgan fingerprint density at radius 3 is 2.58 bits per heavy atom. The van der Waals surface area contributed by atoms with E-state index in [9.17, 15) is 0 Å². The molecule has 1 heterocycles. The van der Waals surface area contributed by atoms with E-state index in [1.54, 1.807) is 0 Å². The van der Waals surface area contributed by atoms with Crippen molar-refractivity contribution in [3.05, 3.63) is 23.8 Å². The molecule has 1 aromatic rings. The highest BCUT2D eigenvalue weighted by molar-refractivity contribution is 14.1. The van der Waals surface area contributed by atoms with Crippen LogP contribution in [0.5, 0.6) is 5.75 Å². The molecule has 2 rings (SSSR count). The van der Waals surface area contributed by atoms with Gasteiger partial charge in [-0.1, -0.05) is 20.8 Å². The van der Waals surface area contributed by atoms with Gasteiger partial charge in [0.2, 0.25) is 8.32 Å². The van der Waals surface area contributed by atoms with Crippen molar-refractivity contribution in [2.75, 3.05) is 11.9 Å². The van der Waals surface area contributed by atoms with Crippen LogP contribution >= 0.6 is 22.6 Å². The van der Waals surface area contributed by atoms with E-state index in [1.807, 2.05) is 18.2 Å². The molecule has 0 saturated carbocycles. The molecule has 1 aromatic carbocycles. The number of nitrogens with one attached hydrogen (secondary N) is 2. The zero-order chi connectivity index (χ0) is 18.0. The second kappa shape index (κ2) is 7.74. The summed E-state index contributed by atoms with van der Waals surface area (Å²) in [6.45, 7) is 12.0. The Balaban J connectivity index is 2.21. The first-order chi connectivity index (χ1) is 11.1. The highest BCUT2D eigenvalue weighted by Gasteiger charge is 2.39. The van der Waals surface area contributed by atoms with Crippen LogP contribution in [0.25, 0.3) is 0 Å². The van der Waals surface area contributed by atoms with Crippen LogP contribution in [0.3, 0.4) is 0 Å². The van der Waals surface area contributed by atoms with Crippen molar-refractivity contribution in [2.24, 2.45) is 0 Å². The molecule has 1 saturated heterocycles. The largest absolute Gasteiger partial charge is 0.543 e. The highest BCUT2D eigenvalue weighted by Crippen LogP contribution is 2.38. The molecular formula is C18H29IN2O2Si. The van der Waals surface area contributed by atoms with Crippen molar-refractivity contribution in [2.45, 2.75) is 64.4 Å². The van der Waals surface area contributed by atoms with E-state index in [1.165, 1.54) is 6.42 Å². The molecule has 0 spiro atoms. The zero-order valence-corrected chi connectivity index (χ0v) is 18.5. The molecule has 1 aliphatic heterocycles. The van der Waals surface area contributed by atoms with Gasteiger partial charge in [0.25, 0.3) is 0 Å². The molecule has 1 fully saturated rings. The first-order valence-electron chi connectivity index (χ1n) is 8.56. The van der Waals surface area contributed by atoms with Crippen LogP contribution in [0, 0.1) is 5.41 Å². The summed E-state index contributed by atoms with van der Waals surface area (Å²) in [6, 6.07) is 6.01. The van der Waals surface area contributed by atoms with Crippen LogP contribution in [0.1, 0.15) is 45.6 Å². The number of hydrogen-bond donors (Lipinski definition) is 2. The van der Waals surface area contributed by atoms with Crippen molar-refractivity contribution in [3.63, 3.8) is 0 Å². The van der Waals surface area contributed by atoms with Crippen molar-refractivity contribution in [1.82, 2.24) is 0 Å². The quantitative estimate of drug-likeness (QED) is 0.333. The Kier molecular flexibility index (Phi) is 6.36. The average molecular weight is 460 g/mol. The molecule has 0 radical (unpaired) electrons. The number of ether oxygens (including phenoxy) is 1. The Morgan fingerprint density at radius 1 is 1.33 bits per heavy atom. The van der Waals surface area contributed by atoms with Gasteiger partial charge in [0.1, 0.15) is 15.7 Å². The number of benzene rings is 1. The average Bonchev–Trinajstić information content (AvgIpc) is 2.48. The van der Waals surface area contributed by atoms with Gasteiger partial charge in [-0.15, -0.1) is 0 Å². The summed E-state index contributed by atoms with van der Waals surface area (Å²) in [5, 5.41) is 11.7. The van der Waals surface area contributed by atoms with E-state index < -0.39 is 8.32 Å². The van der Waals surface area contributed by atoms with Crippen LogP contribution in [0.4, 0.5) is 5.69 Å². The molecule has 0 bridgehead atoms. The van der Waals surface area contributed by atoms with Crippen molar-refractivity contribution >= 4 is 40.3 Å². The van der Waals surface area contributed by atoms with Gasteiger partial charge >= 0.3 is 0 Å². The molecular weight excluding hydrogens is 431 g/mol. The minimum Gasteiger partial charge on any atom is -0.543 e. The third-order valence-corrected chi connectivity index (χ3v) is 9.84. The molecule has 1 unspecified atom stereocenters. The van der Waals surface area contributed by atoms with Crippen LogP contribution < -0.4 is 9.74 Å². The first kappa shape index (κ1) is 19.7. The summed E-state index contributed by atoms with van der Waals surface area (Å²) in [5.74, 6) is 0.855. The normalized spacial score (nSPS) is 19.0. The van der Waals surface area contributed by atoms with Crippen LogP contribution in [-0.4, -0.2) is 24.9 Å². The standard InChI is InChI=1S/C18H29IN2O2Si/c1-18(2,3)24(4,5)23-13-9-10-15(14(12-13)17(19)20)21-16-8-6-7-11-22-16/h9-10,12,16,20-21H,6-8,11H2,1-5H3. The fourth-order valence-electron chi connectivity index (χ4n) is 2.37. The Morgan fingerprint density at radius 2 is 2.04 bits per heavy atom. The van der Waals surface area contributed by atoms with Crippen LogP contribution in [-0.2, 0) is 4.74 Å². The molecule has 4 nitrogen and oxygen atoms in total. The molecule has 0 amide bonds. The van der Waals surface area contributed by atoms with Crippen molar-refractivity contribution in [3.8, 4) is 5.75 Å². The van der Waals surface area contributed by atoms with Crippen LogP contribution in [0.2, 0.25) is 18.1 Å². The van der Waals surface area contributed by atoms with Gasteiger partial charge in [-0.05, 0) is 78.2 Å². The lowest BCUT2D eigenvalue weighted by molar-refractivity contribution is 0.0343. The van der Waals surface area contributed by atoms with Gasteiger partial charge in [0, 0.05) is 17.9 Å². The van der Waals surface area contributed by atoms with Crippen LogP contribution in [0.15, 0.2) is 18.2 Å².